The summed E-state index contributed by atoms with van der Waals surface area (Å²) in [6.45, 7) is 1.49. The Morgan fingerprint density at radius 3 is 2.28 bits per heavy atom. The minimum atomic E-state index is -4.49. The summed E-state index contributed by atoms with van der Waals surface area (Å²) >= 11 is 6.09. The molecule has 29 heavy (non-hydrogen) atoms. The summed E-state index contributed by atoms with van der Waals surface area (Å²) in [4.78, 5) is 24.5. The molecule has 154 valence electrons. The van der Waals surface area contributed by atoms with Crippen LogP contribution < -0.4 is 9.62 Å². The van der Waals surface area contributed by atoms with Gasteiger partial charge in [0.25, 0.3) is 5.91 Å². The minimum absolute atomic E-state index is 0.00966. The molecular weight excluding hydrogens is 433 g/mol. The molecule has 1 aliphatic heterocycles. The maximum absolute atomic E-state index is 12.6. The van der Waals surface area contributed by atoms with Crippen LogP contribution >= 0.6 is 11.6 Å². The number of carbonyl (C=O) groups is 2. The number of alkyl halides is 3. The first kappa shape index (κ1) is 21.1. The van der Waals surface area contributed by atoms with Gasteiger partial charge in [-0.15, -0.1) is 0 Å². The molecule has 0 aromatic heterocycles. The molecule has 0 aliphatic carbocycles. The van der Waals surface area contributed by atoms with Gasteiger partial charge < -0.3 is 5.32 Å². The Morgan fingerprint density at radius 1 is 1.17 bits per heavy atom. The third-order valence-corrected chi connectivity index (χ3v) is 6.44. The van der Waals surface area contributed by atoms with Crippen molar-refractivity contribution in [1.82, 2.24) is 0 Å². The Bertz CT molecular complexity index is 1090. The molecule has 1 aliphatic rings. The molecule has 1 saturated heterocycles. The Kier molecular flexibility index (Phi) is 5.35. The zero-order valence-corrected chi connectivity index (χ0v) is 16.4. The quantitative estimate of drug-likeness (QED) is 0.774. The Hall–Kier alpha value is -2.59. The molecule has 1 heterocycles. The predicted octanol–water partition coefficient (Wildman–Crippen LogP) is 3.92. The number of nitrogens with zero attached hydrogens (tertiary/aromatic N) is 1. The highest BCUT2D eigenvalue weighted by molar-refractivity contribution is 7.94. The number of benzene rings is 2. The lowest BCUT2D eigenvalue weighted by molar-refractivity contribution is -0.137. The maximum atomic E-state index is 12.6. The topological polar surface area (TPSA) is 83.6 Å². The van der Waals surface area contributed by atoms with Crippen LogP contribution in [0.2, 0.25) is 5.02 Å². The highest BCUT2D eigenvalue weighted by Crippen LogP contribution is 2.32. The zero-order chi connectivity index (χ0) is 21.6. The first-order valence-corrected chi connectivity index (χ1v) is 10.2. The molecule has 0 radical (unpaired) electrons. The lowest BCUT2D eigenvalue weighted by Gasteiger charge is -2.16. The average molecular weight is 447 g/mol. The van der Waals surface area contributed by atoms with Gasteiger partial charge in [0.15, 0.2) is 0 Å². The Balaban J connectivity index is 1.82. The van der Waals surface area contributed by atoms with Gasteiger partial charge in [0, 0.05) is 5.69 Å². The molecular formula is C18H14ClF3N2O4S. The second-order valence-corrected chi connectivity index (χ2v) is 8.75. The van der Waals surface area contributed by atoms with Crippen LogP contribution in [0.1, 0.15) is 22.8 Å². The van der Waals surface area contributed by atoms with E-state index in [1.54, 1.807) is 0 Å². The van der Waals surface area contributed by atoms with Crippen molar-refractivity contribution in [2.24, 2.45) is 5.92 Å². The number of hydrogen-bond acceptors (Lipinski definition) is 4. The van der Waals surface area contributed by atoms with Crippen LogP contribution in [0.5, 0.6) is 0 Å². The summed E-state index contributed by atoms with van der Waals surface area (Å²) in [5.74, 6) is -2.31. The monoisotopic (exact) mass is 446 g/mol. The van der Waals surface area contributed by atoms with Gasteiger partial charge in [-0.2, -0.15) is 13.2 Å². The first-order chi connectivity index (χ1) is 13.4. The van der Waals surface area contributed by atoms with Crippen molar-refractivity contribution in [2.75, 3.05) is 15.4 Å². The Morgan fingerprint density at radius 2 is 1.79 bits per heavy atom. The summed E-state index contributed by atoms with van der Waals surface area (Å²) in [5, 5.41) is 2.29. The SMILES string of the molecule is C[C@H]1CS(=O)(=O)N(c2ccc(C(=O)Nc3ccc(C(F)(F)F)cc3)c(Cl)c2)C1=O. The van der Waals surface area contributed by atoms with Crippen LogP contribution in [0.3, 0.4) is 0 Å². The van der Waals surface area contributed by atoms with E-state index in [1.807, 2.05) is 0 Å². The summed E-state index contributed by atoms with van der Waals surface area (Å²) in [5.41, 5.74) is -0.763. The third-order valence-electron chi connectivity index (χ3n) is 4.26. The molecule has 0 unspecified atom stereocenters. The molecule has 0 spiro atoms. The number of anilines is 2. The summed E-state index contributed by atoms with van der Waals surface area (Å²) in [6, 6.07) is 7.52. The van der Waals surface area contributed by atoms with Gasteiger partial charge in [-0.3, -0.25) is 9.59 Å². The van der Waals surface area contributed by atoms with Crippen molar-refractivity contribution in [3.8, 4) is 0 Å². The molecule has 1 N–H and O–H groups in total. The number of carbonyl (C=O) groups excluding carboxylic acids is 2. The number of halogens is 4. The summed E-state index contributed by atoms with van der Waals surface area (Å²) in [7, 11) is -3.82. The van der Waals surface area contributed by atoms with Crippen LogP contribution in [0.25, 0.3) is 0 Å². The fraction of sp³-hybridized carbons (Fsp3) is 0.222. The van der Waals surface area contributed by atoms with Gasteiger partial charge in [0.1, 0.15) is 0 Å². The molecule has 6 nitrogen and oxygen atoms in total. The smallest absolute Gasteiger partial charge is 0.322 e. The fourth-order valence-electron chi connectivity index (χ4n) is 2.84. The van der Waals surface area contributed by atoms with Crippen molar-refractivity contribution in [3.63, 3.8) is 0 Å². The molecule has 2 aromatic rings. The van der Waals surface area contributed by atoms with E-state index in [-0.39, 0.29) is 27.7 Å². The van der Waals surface area contributed by atoms with E-state index in [2.05, 4.69) is 5.32 Å². The van der Waals surface area contributed by atoms with E-state index in [4.69, 9.17) is 11.6 Å². The van der Waals surface area contributed by atoms with Gasteiger partial charge in [0.2, 0.25) is 15.9 Å². The van der Waals surface area contributed by atoms with E-state index in [1.165, 1.54) is 25.1 Å². The summed E-state index contributed by atoms with van der Waals surface area (Å²) < 4.78 is 62.8. The number of rotatable bonds is 3. The number of nitrogens with one attached hydrogen (secondary N) is 1. The van der Waals surface area contributed by atoms with Crippen LogP contribution in [-0.4, -0.2) is 26.0 Å². The molecule has 1 fully saturated rings. The van der Waals surface area contributed by atoms with Crippen LogP contribution in [0.4, 0.5) is 24.5 Å². The number of amides is 2. The molecule has 3 rings (SSSR count). The second kappa shape index (κ2) is 7.34. The largest absolute Gasteiger partial charge is 0.416 e. The van der Waals surface area contributed by atoms with Gasteiger partial charge in [0.05, 0.1) is 33.5 Å². The molecule has 2 amide bonds. The van der Waals surface area contributed by atoms with Gasteiger partial charge >= 0.3 is 6.18 Å². The number of hydrogen-bond donors (Lipinski definition) is 1. The van der Waals surface area contributed by atoms with E-state index in [9.17, 15) is 31.2 Å². The molecule has 0 bridgehead atoms. The zero-order valence-electron chi connectivity index (χ0n) is 14.8. The van der Waals surface area contributed by atoms with Crippen molar-refractivity contribution in [1.29, 1.82) is 0 Å². The van der Waals surface area contributed by atoms with Crippen molar-refractivity contribution < 1.29 is 31.2 Å². The first-order valence-electron chi connectivity index (χ1n) is 8.25. The maximum Gasteiger partial charge on any atom is 0.416 e. The predicted molar refractivity (Wildman–Crippen MR) is 101 cm³/mol. The second-order valence-electron chi connectivity index (χ2n) is 6.48. The lowest BCUT2D eigenvalue weighted by Crippen LogP contribution is -2.30. The van der Waals surface area contributed by atoms with Crippen molar-refractivity contribution in [3.05, 3.63) is 58.6 Å². The van der Waals surface area contributed by atoms with E-state index in [0.29, 0.717) is 4.31 Å². The van der Waals surface area contributed by atoms with Crippen molar-refractivity contribution >= 4 is 44.8 Å². The van der Waals surface area contributed by atoms with Gasteiger partial charge in [-0.25, -0.2) is 12.7 Å². The van der Waals surface area contributed by atoms with Crippen molar-refractivity contribution in [2.45, 2.75) is 13.1 Å². The standard InChI is InChI=1S/C18H14ClF3N2O4S/c1-10-9-29(27,28)24(17(10)26)13-6-7-14(15(19)8-13)16(25)23-12-4-2-11(3-5-12)18(20,21)22/h2-8,10H,9H2,1H3,(H,23,25)/t10-/m0/s1. The molecule has 0 saturated carbocycles. The average Bonchev–Trinajstić information content (AvgIpc) is 2.81. The number of sulfonamides is 1. The lowest BCUT2D eigenvalue weighted by atomic mass is 10.1. The van der Waals surface area contributed by atoms with Gasteiger partial charge in [-0.1, -0.05) is 18.5 Å². The normalized spacial score (nSPS) is 18.7. The van der Waals surface area contributed by atoms with Crippen LogP contribution in [0.15, 0.2) is 42.5 Å². The summed E-state index contributed by atoms with van der Waals surface area (Å²) in [6.07, 6.45) is -4.49. The molecule has 1 atom stereocenters. The van der Waals surface area contributed by atoms with Crippen LogP contribution in [0, 0.1) is 5.92 Å². The highest BCUT2D eigenvalue weighted by atomic mass is 35.5. The molecule has 2 aromatic carbocycles. The van der Waals surface area contributed by atoms with E-state index < -0.39 is 39.5 Å². The Labute approximate surface area is 169 Å². The van der Waals surface area contributed by atoms with E-state index in [0.717, 1.165) is 24.3 Å². The minimum Gasteiger partial charge on any atom is -0.322 e. The third kappa shape index (κ3) is 4.23. The highest BCUT2D eigenvalue weighted by Gasteiger charge is 2.42. The fourth-order valence-corrected chi connectivity index (χ4v) is 4.92. The van der Waals surface area contributed by atoms with Crippen LogP contribution in [-0.2, 0) is 21.0 Å². The molecule has 11 heteroatoms. The van der Waals surface area contributed by atoms with Gasteiger partial charge in [-0.05, 0) is 42.5 Å². The van der Waals surface area contributed by atoms with E-state index >= 15 is 0 Å².